The summed E-state index contributed by atoms with van der Waals surface area (Å²) in [5.74, 6) is 0. The largest absolute Gasteiger partial charge is 0.579 e. The number of hydrogen-bond acceptors (Lipinski definition) is 1. The minimum absolute atomic E-state index is 0. The molecule has 0 aromatic carbocycles. The molecule has 0 aliphatic heterocycles. The first kappa shape index (κ1) is 12.0. The van der Waals surface area contributed by atoms with E-state index >= 15 is 0 Å². The number of rotatable bonds is 0. The first-order valence-electron chi connectivity index (χ1n) is 2.80. The van der Waals surface area contributed by atoms with Crippen molar-refractivity contribution < 1.29 is 32.7 Å². The van der Waals surface area contributed by atoms with Gasteiger partial charge in [-0.15, -0.1) is 5.69 Å². The van der Waals surface area contributed by atoms with Crippen molar-refractivity contribution in [3.63, 3.8) is 0 Å². The Kier molecular flexibility index (Phi) is 11.1. The number of nitrogens with zero attached hydrogens (tertiary/aromatic N) is 2. The maximum Gasteiger partial charge on any atom is 0.00221 e. The van der Waals surface area contributed by atoms with Crippen molar-refractivity contribution in [2.45, 2.75) is 20.8 Å². The number of aryl methyl sites for hydroxylation is 1. The molecular formula is C6H11N2Y-. The van der Waals surface area contributed by atoms with Gasteiger partial charge in [0.1, 0.15) is 0 Å². The van der Waals surface area contributed by atoms with E-state index in [-0.39, 0.29) is 32.7 Å². The van der Waals surface area contributed by atoms with Gasteiger partial charge < -0.3 is 10.2 Å². The molecule has 3 heteroatoms. The fraction of sp³-hybridized carbons (Fsp3) is 0.500. The third-order valence-corrected chi connectivity index (χ3v) is 0.598. The molecule has 0 aliphatic carbocycles. The molecule has 0 unspecified atom stereocenters. The molecule has 0 bridgehead atoms. The number of aromatic nitrogens is 2. The molecular weight excluding hydrogens is 189 g/mol. The standard InChI is InChI=1S/C4H5N2.C2H6.Y/c1-4-2-3-5-6-4;1-2;/h2-3H,1H3;1-2H3;/q-1;;. The van der Waals surface area contributed by atoms with Crippen LogP contribution in [0.2, 0.25) is 0 Å². The van der Waals surface area contributed by atoms with Gasteiger partial charge in [-0.1, -0.05) is 26.8 Å². The van der Waals surface area contributed by atoms with E-state index in [1.807, 2.05) is 26.8 Å². The first-order chi connectivity index (χ1) is 3.89. The Morgan fingerprint density at radius 2 is 2.00 bits per heavy atom. The Hall–Kier alpha value is 0.314. The zero-order valence-electron chi connectivity index (χ0n) is 6.13. The summed E-state index contributed by atoms with van der Waals surface area (Å²) in [7, 11) is 0. The summed E-state index contributed by atoms with van der Waals surface area (Å²) in [5.41, 5.74) is 0.981. The molecule has 1 radical (unpaired) electrons. The Balaban J connectivity index is 0. The predicted molar refractivity (Wildman–Crippen MR) is 33.6 cm³/mol. The van der Waals surface area contributed by atoms with E-state index in [0.29, 0.717) is 0 Å². The second-order valence-corrected chi connectivity index (χ2v) is 1.17. The minimum atomic E-state index is 0. The summed E-state index contributed by atoms with van der Waals surface area (Å²) < 4.78 is 0. The molecule has 2 nitrogen and oxygen atoms in total. The van der Waals surface area contributed by atoms with Crippen LogP contribution >= 0.6 is 0 Å². The van der Waals surface area contributed by atoms with E-state index < -0.39 is 0 Å². The van der Waals surface area contributed by atoms with Crippen LogP contribution in [0.1, 0.15) is 19.5 Å². The van der Waals surface area contributed by atoms with Gasteiger partial charge in [0.2, 0.25) is 0 Å². The van der Waals surface area contributed by atoms with Crippen molar-refractivity contribution in [3.8, 4) is 0 Å². The molecule has 0 amide bonds. The molecule has 9 heavy (non-hydrogen) atoms. The minimum Gasteiger partial charge on any atom is -0.579 e. The molecule has 1 aromatic rings. The van der Waals surface area contributed by atoms with Crippen molar-refractivity contribution in [1.29, 1.82) is 0 Å². The van der Waals surface area contributed by atoms with Crippen LogP contribution in [-0.2, 0) is 32.7 Å². The summed E-state index contributed by atoms with van der Waals surface area (Å²) in [6.45, 7) is 5.91. The predicted octanol–water partition coefficient (Wildman–Crippen LogP) is 1.37. The number of hydrogen-bond donors (Lipinski definition) is 0. The zero-order valence-corrected chi connectivity index (χ0v) is 8.96. The van der Waals surface area contributed by atoms with Crippen LogP contribution in [0.25, 0.3) is 0 Å². The van der Waals surface area contributed by atoms with Crippen LogP contribution < -0.4 is 5.10 Å². The molecule has 1 heterocycles. The maximum absolute atomic E-state index is 3.67. The van der Waals surface area contributed by atoms with Gasteiger partial charge in [0.05, 0.1) is 0 Å². The molecule has 1 rings (SSSR count). The van der Waals surface area contributed by atoms with Crippen LogP contribution in [0.15, 0.2) is 12.3 Å². The van der Waals surface area contributed by atoms with Crippen LogP contribution in [0.5, 0.6) is 0 Å². The monoisotopic (exact) mass is 200 g/mol. The fourth-order valence-corrected chi connectivity index (χ4v) is 0.299. The second kappa shape index (κ2) is 8.31. The molecule has 49 valence electrons. The van der Waals surface area contributed by atoms with Crippen molar-refractivity contribution in [2.75, 3.05) is 0 Å². The maximum atomic E-state index is 3.67. The van der Waals surface area contributed by atoms with Crippen molar-refractivity contribution in [2.24, 2.45) is 0 Å². The topological polar surface area (TPSA) is 27.0 Å². The molecule has 0 fully saturated rings. The molecule has 0 aliphatic rings. The second-order valence-electron chi connectivity index (χ2n) is 1.17. The smallest absolute Gasteiger partial charge is 0.00221 e. The van der Waals surface area contributed by atoms with Crippen LogP contribution in [0.3, 0.4) is 0 Å². The van der Waals surface area contributed by atoms with E-state index in [1.54, 1.807) is 6.20 Å². The van der Waals surface area contributed by atoms with Gasteiger partial charge in [-0.05, 0) is 0 Å². The fourth-order valence-electron chi connectivity index (χ4n) is 0.299. The molecule has 0 spiro atoms. The Bertz CT molecular complexity index is 115. The first-order valence-corrected chi connectivity index (χ1v) is 2.80. The summed E-state index contributed by atoms with van der Waals surface area (Å²) in [6.07, 6.45) is 1.68. The molecule has 0 atom stereocenters. The van der Waals surface area contributed by atoms with Gasteiger partial charge in [-0.25, -0.2) is 0 Å². The van der Waals surface area contributed by atoms with Crippen molar-refractivity contribution >= 4 is 0 Å². The van der Waals surface area contributed by atoms with Gasteiger partial charge in [-0.2, -0.15) is 0 Å². The average molecular weight is 200 g/mol. The van der Waals surface area contributed by atoms with E-state index in [0.717, 1.165) is 5.69 Å². The molecule has 0 saturated carbocycles. The van der Waals surface area contributed by atoms with Gasteiger partial charge in [0.15, 0.2) is 0 Å². The Morgan fingerprint density at radius 1 is 1.44 bits per heavy atom. The van der Waals surface area contributed by atoms with Crippen LogP contribution in [-0.4, -0.2) is 5.10 Å². The molecule has 0 saturated heterocycles. The van der Waals surface area contributed by atoms with Crippen molar-refractivity contribution in [1.82, 2.24) is 10.2 Å². The summed E-state index contributed by atoms with van der Waals surface area (Å²) in [4.78, 5) is 0. The summed E-state index contributed by atoms with van der Waals surface area (Å²) in [5, 5.41) is 7.24. The van der Waals surface area contributed by atoms with E-state index in [1.165, 1.54) is 0 Å². The molecule has 0 N–H and O–H groups in total. The van der Waals surface area contributed by atoms with Crippen LogP contribution in [0.4, 0.5) is 0 Å². The van der Waals surface area contributed by atoms with E-state index in [2.05, 4.69) is 10.2 Å². The normalized spacial score (nSPS) is 6.56. The quantitative estimate of drug-likeness (QED) is 0.632. The van der Waals surface area contributed by atoms with Gasteiger partial charge in [0.25, 0.3) is 0 Å². The summed E-state index contributed by atoms with van der Waals surface area (Å²) in [6, 6.07) is 1.86. The van der Waals surface area contributed by atoms with Gasteiger partial charge in [-0.3, -0.25) is 0 Å². The van der Waals surface area contributed by atoms with Gasteiger partial charge >= 0.3 is 0 Å². The van der Waals surface area contributed by atoms with E-state index in [9.17, 15) is 0 Å². The molecule has 1 aromatic heterocycles. The third kappa shape index (κ3) is 6.20. The SMILES string of the molecule is CC.Cc1ccn[n-]1.[Y]. The van der Waals surface area contributed by atoms with Crippen LogP contribution in [0, 0.1) is 6.92 Å². The zero-order chi connectivity index (χ0) is 6.41. The van der Waals surface area contributed by atoms with Crippen molar-refractivity contribution in [3.05, 3.63) is 18.0 Å². The average Bonchev–Trinajstić information content (AvgIpc) is 2.24. The Labute approximate surface area is 81.3 Å². The summed E-state index contributed by atoms with van der Waals surface area (Å²) >= 11 is 0. The third-order valence-electron chi connectivity index (χ3n) is 0.598. The Morgan fingerprint density at radius 3 is 2.11 bits per heavy atom. The van der Waals surface area contributed by atoms with E-state index in [4.69, 9.17) is 0 Å². The van der Waals surface area contributed by atoms with Gasteiger partial charge in [0, 0.05) is 38.9 Å².